The molecule has 0 amide bonds. The molecule has 1 heterocycles. The number of fused-ring (bicyclic) bond motifs is 2. The lowest BCUT2D eigenvalue weighted by atomic mass is 9.88. The second-order valence-corrected chi connectivity index (χ2v) is 4.44. The summed E-state index contributed by atoms with van der Waals surface area (Å²) in [6.07, 6.45) is 0. The second-order valence-electron chi connectivity index (χ2n) is 3.52. The summed E-state index contributed by atoms with van der Waals surface area (Å²) in [5.41, 5.74) is 0.808. The maximum atomic E-state index is 12.0. The Morgan fingerprint density at radius 1 is 1.00 bits per heavy atom. The average Bonchev–Trinajstić information content (AvgIpc) is 2.75. The molecule has 0 spiro atoms. The lowest BCUT2D eigenvalue weighted by Gasteiger charge is -2.14. The average molecular weight is 230 g/mol. The number of phenolic OH excluding ortho intramolecular Hbond substituents is 1. The fourth-order valence-electron chi connectivity index (χ4n) is 1.89. The minimum absolute atomic E-state index is 0.124. The highest BCUT2D eigenvalue weighted by molar-refractivity contribution is 7.12. The van der Waals surface area contributed by atoms with Gasteiger partial charge in [-0.2, -0.15) is 0 Å². The van der Waals surface area contributed by atoms with Crippen molar-refractivity contribution in [2.75, 3.05) is 0 Å². The third-order valence-corrected chi connectivity index (χ3v) is 3.54. The molecule has 1 N–H and O–H groups in total. The fourth-order valence-corrected chi connectivity index (χ4v) is 2.73. The lowest BCUT2D eigenvalue weighted by molar-refractivity contribution is 0.0980. The van der Waals surface area contributed by atoms with Crippen molar-refractivity contribution < 1.29 is 14.7 Å². The molecule has 1 aromatic carbocycles. The molecular formula is C12H6O3S. The molecule has 0 saturated heterocycles. The third-order valence-electron chi connectivity index (χ3n) is 2.63. The molecule has 0 bridgehead atoms. The number of phenols is 1. The van der Waals surface area contributed by atoms with E-state index in [9.17, 15) is 14.7 Å². The van der Waals surface area contributed by atoms with Gasteiger partial charge in [0, 0.05) is 11.1 Å². The fraction of sp³-hybridized carbons (Fsp3) is 0. The van der Waals surface area contributed by atoms with Crippen LogP contribution >= 0.6 is 11.3 Å². The van der Waals surface area contributed by atoms with Gasteiger partial charge in [0.2, 0.25) is 5.78 Å². The van der Waals surface area contributed by atoms with Crippen molar-refractivity contribution in [1.29, 1.82) is 0 Å². The van der Waals surface area contributed by atoms with Crippen LogP contribution in [0.2, 0.25) is 0 Å². The number of aromatic hydroxyl groups is 1. The molecule has 3 rings (SSSR count). The van der Waals surface area contributed by atoms with Gasteiger partial charge in [-0.1, -0.05) is 6.07 Å². The Bertz CT molecular complexity index is 625. The summed E-state index contributed by atoms with van der Waals surface area (Å²) in [6, 6.07) is 6.17. The van der Waals surface area contributed by atoms with Gasteiger partial charge in [0.05, 0.1) is 10.4 Å². The summed E-state index contributed by atoms with van der Waals surface area (Å²) in [5, 5.41) is 11.3. The van der Waals surface area contributed by atoms with E-state index in [0.717, 1.165) is 0 Å². The zero-order chi connectivity index (χ0) is 11.3. The highest BCUT2D eigenvalue weighted by Crippen LogP contribution is 2.34. The normalized spacial score (nSPS) is 13.5. The van der Waals surface area contributed by atoms with Gasteiger partial charge < -0.3 is 5.11 Å². The standard InChI is InChI=1S/C12H6O3S/c13-8-3-1-2-6-9(8)10(14)7-4-5-16-12(7)11(6)15/h1-5,13H. The Hall–Kier alpha value is -1.94. The van der Waals surface area contributed by atoms with E-state index < -0.39 is 0 Å². The second kappa shape index (κ2) is 3.02. The molecule has 16 heavy (non-hydrogen) atoms. The zero-order valence-corrected chi connectivity index (χ0v) is 8.88. The number of hydrogen-bond donors (Lipinski definition) is 1. The molecule has 0 saturated carbocycles. The van der Waals surface area contributed by atoms with Crippen LogP contribution < -0.4 is 0 Å². The van der Waals surface area contributed by atoms with Gasteiger partial charge in [-0.15, -0.1) is 11.3 Å². The molecule has 1 aliphatic rings. The molecule has 78 valence electrons. The van der Waals surface area contributed by atoms with Crippen molar-refractivity contribution in [3.63, 3.8) is 0 Å². The van der Waals surface area contributed by atoms with Crippen LogP contribution in [0.5, 0.6) is 5.75 Å². The molecule has 4 heteroatoms. The van der Waals surface area contributed by atoms with Gasteiger partial charge in [-0.05, 0) is 23.6 Å². The highest BCUT2D eigenvalue weighted by Gasteiger charge is 2.32. The van der Waals surface area contributed by atoms with Crippen LogP contribution in [0.3, 0.4) is 0 Å². The minimum Gasteiger partial charge on any atom is -0.507 e. The Labute approximate surface area is 95.0 Å². The van der Waals surface area contributed by atoms with E-state index in [2.05, 4.69) is 0 Å². The van der Waals surface area contributed by atoms with Gasteiger partial charge in [0.15, 0.2) is 5.78 Å². The molecule has 1 aliphatic carbocycles. The van der Waals surface area contributed by atoms with E-state index in [1.54, 1.807) is 23.6 Å². The van der Waals surface area contributed by atoms with E-state index in [1.165, 1.54) is 17.4 Å². The quantitative estimate of drug-likeness (QED) is 0.644. The molecule has 3 nitrogen and oxygen atoms in total. The summed E-state index contributed by atoms with van der Waals surface area (Å²) in [7, 11) is 0. The van der Waals surface area contributed by atoms with Crippen LogP contribution in [0.25, 0.3) is 0 Å². The van der Waals surface area contributed by atoms with Gasteiger partial charge in [-0.25, -0.2) is 0 Å². The molecule has 0 aliphatic heterocycles. The smallest absolute Gasteiger partial charge is 0.204 e. The first kappa shape index (κ1) is 9.30. The number of carbonyl (C=O) groups excluding carboxylic acids is 2. The van der Waals surface area contributed by atoms with Crippen LogP contribution in [-0.2, 0) is 0 Å². The van der Waals surface area contributed by atoms with Crippen LogP contribution in [0, 0.1) is 0 Å². The first-order chi connectivity index (χ1) is 7.70. The molecule has 1 aromatic heterocycles. The van der Waals surface area contributed by atoms with E-state index >= 15 is 0 Å². The van der Waals surface area contributed by atoms with Gasteiger partial charge in [0.25, 0.3) is 0 Å². The van der Waals surface area contributed by atoms with Crippen LogP contribution in [-0.4, -0.2) is 16.7 Å². The maximum Gasteiger partial charge on any atom is 0.204 e. The van der Waals surface area contributed by atoms with E-state index in [1.807, 2.05) is 0 Å². The van der Waals surface area contributed by atoms with Crippen molar-refractivity contribution in [3.8, 4) is 5.75 Å². The van der Waals surface area contributed by atoms with Gasteiger partial charge in [-0.3, -0.25) is 9.59 Å². The predicted octanol–water partition coefficient (Wildman–Crippen LogP) is 2.23. The summed E-state index contributed by atoms with van der Waals surface area (Å²) in [4.78, 5) is 24.5. The SMILES string of the molecule is O=C1c2cccc(O)c2C(=O)c2ccsc21. The van der Waals surface area contributed by atoms with E-state index in [4.69, 9.17) is 0 Å². The topological polar surface area (TPSA) is 54.4 Å². The molecule has 0 fully saturated rings. The van der Waals surface area contributed by atoms with E-state index in [-0.39, 0.29) is 22.9 Å². The first-order valence-electron chi connectivity index (χ1n) is 4.69. The monoisotopic (exact) mass is 230 g/mol. The summed E-state index contributed by atoms with van der Waals surface area (Å²) >= 11 is 1.25. The predicted molar refractivity (Wildman–Crippen MR) is 59.3 cm³/mol. The number of hydrogen-bond acceptors (Lipinski definition) is 4. The number of rotatable bonds is 0. The Balaban J connectivity index is 2.38. The Morgan fingerprint density at radius 2 is 1.81 bits per heavy atom. The lowest BCUT2D eigenvalue weighted by Crippen LogP contribution is -2.18. The number of carbonyl (C=O) groups is 2. The molecule has 0 atom stereocenters. The minimum atomic E-state index is -0.274. The zero-order valence-electron chi connectivity index (χ0n) is 8.06. The first-order valence-corrected chi connectivity index (χ1v) is 5.57. The Kier molecular flexibility index (Phi) is 1.76. The number of benzene rings is 1. The van der Waals surface area contributed by atoms with Crippen molar-refractivity contribution in [1.82, 2.24) is 0 Å². The van der Waals surface area contributed by atoms with Crippen molar-refractivity contribution in [2.45, 2.75) is 0 Å². The van der Waals surface area contributed by atoms with Crippen LogP contribution in [0.1, 0.15) is 31.2 Å². The Morgan fingerprint density at radius 3 is 2.62 bits per heavy atom. The molecule has 0 radical (unpaired) electrons. The molecule has 2 aromatic rings. The summed E-state index contributed by atoms with van der Waals surface area (Å²) < 4.78 is 0. The summed E-state index contributed by atoms with van der Waals surface area (Å²) in [6.45, 7) is 0. The van der Waals surface area contributed by atoms with Crippen molar-refractivity contribution in [3.05, 3.63) is 51.2 Å². The number of ketones is 2. The molecular weight excluding hydrogens is 224 g/mol. The van der Waals surface area contributed by atoms with Gasteiger partial charge >= 0.3 is 0 Å². The molecule has 0 unspecified atom stereocenters. The van der Waals surface area contributed by atoms with Crippen molar-refractivity contribution >= 4 is 22.9 Å². The highest BCUT2D eigenvalue weighted by atomic mass is 32.1. The third kappa shape index (κ3) is 1.02. The van der Waals surface area contributed by atoms with Crippen LogP contribution in [0.4, 0.5) is 0 Å². The maximum absolute atomic E-state index is 12.0. The van der Waals surface area contributed by atoms with E-state index in [0.29, 0.717) is 16.0 Å². The summed E-state index contributed by atoms with van der Waals surface area (Å²) in [5.74, 6) is -0.591. The number of thiophene rings is 1. The largest absolute Gasteiger partial charge is 0.507 e. The van der Waals surface area contributed by atoms with Crippen LogP contribution in [0.15, 0.2) is 29.6 Å². The van der Waals surface area contributed by atoms with Crippen molar-refractivity contribution in [2.24, 2.45) is 0 Å². The van der Waals surface area contributed by atoms with Gasteiger partial charge in [0.1, 0.15) is 5.75 Å².